The van der Waals surface area contributed by atoms with Crippen molar-refractivity contribution in [1.82, 2.24) is 15.5 Å². The summed E-state index contributed by atoms with van der Waals surface area (Å²) < 4.78 is 21.7. The first-order chi connectivity index (χ1) is 18.5. The van der Waals surface area contributed by atoms with Gasteiger partial charge in [0.05, 0.1) is 18.1 Å². The van der Waals surface area contributed by atoms with E-state index in [1.54, 1.807) is 28.4 Å². The molecule has 0 aromatic rings. The highest BCUT2D eigenvalue weighted by molar-refractivity contribution is 6.66. The van der Waals surface area contributed by atoms with Gasteiger partial charge in [-0.15, -0.1) is 0 Å². The normalized spacial score (nSPS) is 12.1. The van der Waals surface area contributed by atoms with Crippen molar-refractivity contribution < 1.29 is 17.7 Å². The van der Waals surface area contributed by atoms with Crippen LogP contribution >= 0.6 is 0 Å². The van der Waals surface area contributed by atoms with E-state index in [0.717, 1.165) is 44.0 Å². The number of hydrogen-bond donors (Lipinski definition) is 2. The first-order valence-electron chi connectivity index (χ1n) is 14.6. The molecular formula is C28H66N6O4Si2. The summed E-state index contributed by atoms with van der Waals surface area (Å²) in [6.45, 7) is 22.6. The van der Waals surface area contributed by atoms with Crippen LogP contribution in [-0.2, 0) is 17.7 Å². The van der Waals surface area contributed by atoms with E-state index in [2.05, 4.69) is 84.4 Å². The average molecular weight is 607 g/mol. The molecule has 12 heteroatoms. The molecule has 0 aliphatic carbocycles. The topological polar surface area (TPSA) is 101 Å². The van der Waals surface area contributed by atoms with Crippen molar-refractivity contribution in [3.05, 3.63) is 0 Å². The molecule has 0 spiro atoms. The first kappa shape index (κ1) is 43.3. The van der Waals surface area contributed by atoms with Crippen LogP contribution in [0.15, 0.2) is 15.0 Å². The molecule has 0 bridgehead atoms. The fourth-order valence-electron chi connectivity index (χ4n) is 2.92. The Hall–Kier alpha value is -1.12. The van der Waals surface area contributed by atoms with E-state index in [4.69, 9.17) is 17.7 Å². The molecule has 10 nitrogen and oxygen atoms in total. The van der Waals surface area contributed by atoms with Gasteiger partial charge in [0.15, 0.2) is 5.96 Å². The highest BCUT2D eigenvalue weighted by atomic mass is 28.4. The molecule has 0 aliphatic heterocycles. The molecule has 0 aliphatic rings. The van der Waals surface area contributed by atoms with Crippen molar-refractivity contribution in [2.24, 2.45) is 15.0 Å². The Bertz CT molecular complexity index is 668. The molecule has 0 atom stereocenters. The number of aliphatic imine (C=N–C) groups is 3. The molecule has 0 amide bonds. The van der Waals surface area contributed by atoms with Crippen LogP contribution in [0.4, 0.5) is 0 Å². The molecule has 2 N–H and O–H groups in total. The molecule has 0 aromatic carbocycles. The lowest BCUT2D eigenvalue weighted by atomic mass is 10.4. The van der Waals surface area contributed by atoms with Gasteiger partial charge in [-0.3, -0.25) is 4.99 Å². The van der Waals surface area contributed by atoms with Crippen LogP contribution in [-0.4, -0.2) is 114 Å². The molecule has 0 saturated heterocycles. The average Bonchev–Trinajstić information content (AvgIpc) is 2.88. The van der Waals surface area contributed by atoms with E-state index in [1.807, 2.05) is 34.7 Å². The summed E-state index contributed by atoms with van der Waals surface area (Å²) in [5, 5.41) is 6.51. The molecular weight excluding hydrogens is 541 g/mol. The Balaban J connectivity index is -0.000000575. The van der Waals surface area contributed by atoms with E-state index in [1.165, 1.54) is 0 Å². The fraction of sp³-hybridized carbons (Fsp3) is 0.929. The summed E-state index contributed by atoms with van der Waals surface area (Å²) >= 11 is 0. The Morgan fingerprint density at radius 3 is 1.50 bits per heavy atom. The third-order valence-corrected chi connectivity index (χ3v) is 11.7. The Labute approximate surface area is 250 Å². The third kappa shape index (κ3) is 27.1. The number of nitrogens with zero attached hydrogens (tertiary/aromatic N) is 4. The van der Waals surface area contributed by atoms with Gasteiger partial charge < -0.3 is 33.2 Å². The van der Waals surface area contributed by atoms with Crippen LogP contribution in [0.2, 0.25) is 25.2 Å². The predicted octanol–water partition coefficient (Wildman–Crippen LogP) is 5.37. The van der Waals surface area contributed by atoms with Gasteiger partial charge in [0.1, 0.15) is 0 Å². The summed E-state index contributed by atoms with van der Waals surface area (Å²) in [5.74, 6) is 0.966. The summed E-state index contributed by atoms with van der Waals surface area (Å²) in [4.78, 5) is 14.7. The smallest absolute Gasteiger partial charge is 0.334 e. The van der Waals surface area contributed by atoms with Gasteiger partial charge in [0.2, 0.25) is 0 Å². The second-order valence-corrected chi connectivity index (χ2v) is 18.4. The van der Waals surface area contributed by atoms with Crippen LogP contribution in [0.1, 0.15) is 68.2 Å². The van der Waals surface area contributed by atoms with Crippen molar-refractivity contribution in [1.29, 1.82) is 0 Å². The van der Waals surface area contributed by atoms with Crippen molar-refractivity contribution in [2.45, 2.75) is 118 Å². The second-order valence-electron chi connectivity index (χ2n) is 11.2. The number of hydrogen-bond acceptors (Lipinski definition) is 8. The maximum atomic E-state index is 5.51. The number of nitrogens with one attached hydrogen (secondary N) is 2. The molecule has 0 rings (SSSR count). The van der Waals surface area contributed by atoms with Gasteiger partial charge in [-0.1, -0.05) is 0 Å². The lowest BCUT2D eigenvalue weighted by Crippen LogP contribution is -2.44. The first-order valence-corrected chi connectivity index (χ1v) is 19.6. The van der Waals surface area contributed by atoms with Crippen LogP contribution in [0.5, 0.6) is 0 Å². The van der Waals surface area contributed by atoms with E-state index < -0.39 is 17.1 Å². The molecule has 240 valence electrons. The quantitative estimate of drug-likeness (QED) is 0.105. The molecule has 0 aromatic heterocycles. The van der Waals surface area contributed by atoms with E-state index in [0.29, 0.717) is 18.1 Å². The molecule has 0 unspecified atom stereocenters. The summed E-state index contributed by atoms with van der Waals surface area (Å²) in [5.41, 5.74) is 0. The molecule has 0 radical (unpaired) electrons. The van der Waals surface area contributed by atoms with Gasteiger partial charge in [0, 0.05) is 54.1 Å². The predicted molar refractivity (Wildman–Crippen MR) is 178 cm³/mol. The maximum Gasteiger partial charge on any atom is 0.334 e. The van der Waals surface area contributed by atoms with Gasteiger partial charge in [-0.25, -0.2) is 9.98 Å². The van der Waals surface area contributed by atoms with Crippen molar-refractivity contribution >= 4 is 29.1 Å². The molecule has 0 fully saturated rings. The summed E-state index contributed by atoms with van der Waals surface area (Å²) in [7, 11) is 7.26. The summed E-state index contributed by atoms with van der Waals surface area (Å²) in [6, 6.07) is 5.97. The number of guanidine groups is 1. The lowest BCUT2D eigenvalue weighted by molar-refractivity contribution is 0.247. The van der Waals surface area contributed by atoms with Gasteiger partial charge in [-0.05, 0) is 107 Å². The largest absolute Gasteiger partial charge is 0.398 e. The monoisotopic (exact) mass is 606 g/mol. The van der Waals surface area contributed by atoms with E-state index in [9.17, 15) is 0 Å². The lowest BCUT2D eigenvalue weighted by Gasteiger charge is -2.27. The Kier molecular flexibility index (Phi) is 27.7. The second kappa shape index (κ2) is 25.6. The highest BCUT2D eigenvalue weighted by Gasteiger charge is 2.28. The fourth-order valence-corrected chi connectivity index (χ4v) is 5.69. The van der Waals surface area contributed by atoms with Crippen molar-refractivity contribution in [2.75, 3.05) is 55.6 Å². The van der Waals surface area contributed by atoms with Crippen molar-refractivity contribution in [3.63, 3.8) is 0 Å². The minimum atomic E-state index is -1.95. The minimum Gasteiger partial charge on any atom is -0.398 e. The van der Waals surface area contributed by atoms with Gasteiger partial charge in [0.25, 0.3) is 0 Å². The third-order valence-electron chi connectivity index (χ3n) is 5.70. The van der Waals surface area contributed by atoms with Crippen LogP contribution < -0.4 is 10.6 Å². The Morgan fingerprint density at radius 1 is 0.750 bits per heavy atom. The van der Waals surface area contributed by atoms with Gasteiger partial charge >= 0.3 is 17.1 Å². The SMILES string of the molecule is CC(C)N=C=NC(C)C.CNCCC[Si](C)(OC)OC.CO[Si](C)(CCCN(C)C(=NC(C)C)NC(C)C)OC. The van der Waals surface area contributed by atoms with Crippen LogP contribution in [0.3, 0.4) is 0 Å². The standard InChI is InChI=1S/C14H33N3O2Si.C7H14N2.C7H19NO2Si/c1-12(2)15-14(16-13(3)4)17(5)10-9-11-20(8,18-6)19-7;1-6(2)8-5-9-7(3)4;1-8-6-5-7-11(4,9-2)10-3/h12-13H,9-11H2,1-8H3,(H,15,16);6-7H,1-4H3;8H,5-7H2,1-4H3. The summed E-state index contributed by atoms with van der Waals surface area (Å²) in [6.07, 6.45) is 2.17. The minimum absolute atomic E-state index is 0.288. The molecule has 40 heavy (non-hydrogen) atoms. The highest BCUT2D eigenvalue weighted by Crippen LogP contribution is 2.14. The van der Waals surface area contributed by atoms with E-state index in [-0.39, 0.29) is 6.04 Å². The van der Waals surface area contributed by atoms with Crippen molar-refractivity contribution in [3.8, 4) is 0 Å². The number of rotatable bonds is 16. The maximum absolute atomic E-state index is 5.51. The van der Waals surface area contributed by atoms with Crippen LogP contribution in [0, 0.1) is 0 Å². The van der Waals surface area contributed by atoms with Crippen LogP contribution in [0.25, 0.3) is 0 Å². The molecule has 0 heterocycles. The molecule has 0 saturated carbocycles. The Morgan fingerprint density at radius 2 is 1.18 bits per heavy atom. The zero-order chi connectivity index (χ0) is 31.8. The zero-order valence-electron chi connectivity index (χ0n) is 29.0. The van der Waals surface area contributed by atoms with E-state index >= 15 is 0 Å². The zero-order valence-corrected chi connectivity index (χ0v) is 31.0. The van der Waals surface area contributed by atoms with Gasteiger partial charge in [-0.2, -0.15) is 0 Å².